The summed E-state index contributed by atoms with van der Waals surface area (Å²) in [6, 6.07) is 8.80. The number of hydrogen-bond acceptors (Lipinski definition) is 3. The quantitative estimate of drug-likeness (QED) is 0.588. The molecule has 3 aromatic rings. The molecule has 0 aliphatic heterocycles. The second kappa shape index (κ2) is 8.64. The molecule has 9 heteroatoms. The number of benzene rings is 3. The third kappa shape index (κ3) is 4.57. The van der Waals surface area contributed by atoms with Gasteiger partial charge in [-0.3, -0.25) is 9.59 Å². The van der Waals surface area contributed by atoms with E-state index in [0.717, 1.165) is 42.5 Å². The van der Waals surface area contributed by atoms with Crippen LogP contribution in [0.25, 0.3) is 0 Å². The first-order valence-corrected chi connectivity index (χ1v) is 8.49. The molecule has 0 aliphatic rings. The molecule has 0 fully saturated rings. The van der Waals surface area contributed by atoms with Gasteiger partial charge in [-0.05, 0) is 42.5 Å². The van der Waals surface area contributed by atoms with Crippen molar-refractivity contribution in [2.45, 2.75) is 0 Å². The SMILES string of the molecule is COc1ccc(C(=O)Nc2cc(F)ccc2F)cc1C(=O)Nc1cc(F)ccc1F. The fourth-order valence-electron chi connectivity index (χ4n) is 2.60. The van der Waals surface area contributed by atoms with Crippen molar-refractivity contribution >= 4 is 23.2 Å². The maximum absolute atomic E-state index is 13.8. The average molecular weight is 418 g/mol. The number of carbonyl (C=O) groups excluding carboxylic acids is 2. The molecule has 0 saturated heterocycles. The molecule has 2 amide bonds. The van der Waals surface area contributed by atoms with Gasteiger partial charge < -0.3 is 15.4 Å². The zero-order chi connectivity index (χ0) is 21.8. The van der Waals surface area contributed by atoms with Crippen LogP contribution in [0.4, 0.5) is 28.9 Å². The lowest BCUT2D eigenvalue weighted by molar-refractivity contribution is 0.102. The Kier molecular flexibility index (Phi) is 6.01. The number of anilines is 2. The number of carbonyl (C=O) groups is 2. The van der Waals surface area contributed by atoms with Gasteiger partial charge in [-0.15, -0.1) is 0 Å². The van der Waals surface area contributed by atoms with Crippen molar-refractivity contribution in [3.63, 3.8) is 0 Å². The van der Waals surface area contributed by atoms with Crippen LogP contribution in [0.3, 0.4) is 0 Å². The molecule has 0 saturated carbocycles. The minimum atomic E-state index is -0.872. The van der Waals surface area contributed by atoms with Gasteiger partial charge in [0.2, 0.25) is 0 Å². The Morgan fingerprint density at radius 3 is 1.80 bits per heavy atom. The van der Waals surface area contributed by atoms with Crippen molar-refractivity contribution < 1.29 is 31.9 Å². The molecule has 0 aliphatic carbocycles. The largest absolute Gasteiger partial charge is 0.496 e. The second-order valence-electron chi connectivity index (χ2n) is 6.07. The molecule has 0 bridgehead atoms. The van der Waals surface area contributed by atoms with Gasteiger partial charge in [-0.1, -0.05) is 0 Å². The van der Waals surface area contributed by atoms with Crippen LogP contribution in [0.5, 0.6) is 5.75 Å². The van der Waals surface area contributed by atoms with Crippen molar-refractivity contribution in [2.24, 2.45) is 0 Å². The molecule has 0 atom stereocenters. The Hall–Kier alpha value is -3.88. The molecule has 0 aromatic heterocycles. The molecule has 154 valence electrons. The normalized spacial score (nSPS) is 10.4. The van der Waals surface area contributed by atoms with E-state index in [1.165, 1.54) is 19.2 Å². The molecule has 0 spiro atoms. The van der Waals surface area contributed by atoms with Crippen LogP contribution in [-0.2, 0) is 0 Å². The van der Waals surface area contributed by atoms with E-state index >= 15 is 0 Å². The van der Waals surface area contributed by atoms with E-state index in [0.29, 0.717) is 0 Å². The number of rotatable bonds is 5. The summed E-state index contributed by atoms with van der Waals surface area (Å²) >= 11 is 0. The fourth-order valence-corrected chi connectivity index (χ4v) is 2.60. The number of methoxy groups -OCH3 is 1. The first-order valence-electron chi connectivity index (χ1n) is 8.49. The maximum atomic E-state index is 13.8. The van der Waals surface area contributed by atoms with E-state index < -0.39 is 40.8 Å². The number of halogens is 4. The predicted molar refractivity (Wildman–Crippen MR) is 102 cm³/mol. The summed E-state index contributed by atoms with van der Waals surface area (Å²) < 4.78 is 59.3. The molecule has 0 heterocycles. The van der Waals surface area contributed by atoms with Crippen molar-refractivity contribution in [3.8, 4) is 5.75 Å². The van der Waals surface area contributed by atoms with Gasteiger partial charge in [0.25, 0.3) is 11.8 Å². The van der Waals surface area contributed by atoms with Gasteiger partial charge in [-0.2, -0.15) is 0 Å². The van der Waals surface area contributed by atoms with Crippen LogP contribution < -0.4 is 15.4 Å². The van der Waals surface area contributed by atoms with Crippen LogP contribution in [0.2, 0.25) is 0 Å². The number of amides is 2. The molecule has 0 unspecified atom stereocenters. The van der Waals surface area contributed by atoms with Crippen molar-refractivity contribution in [1.29, 1.82) is 0 Å². The topological polar surface area (TPSA) is 67.4 Å². The highest BCUT2D eigenvalue weighted by Gasteiger charge is 2.18. The van der Waals surface area contributed by atoms with Crippen LogP contribution >= 0.6 is 0 Å². The third-order valence-electron chi connectivity index (χ3n) is 4.06. The molecule has 0 radical (unpaired) electrons. The number of nitrogens with one attached hydrogen (secondary N) is 2. The van der Waals surface area contributed by atoms with E-state index in [9.17, 15) is 27.2 Å². The van der Waals surface area contributed by atoms with Crippen molar-refractivity contribution in [1.82, 2.24) is 0 Å². The minimum absolute atomic E-state index is 0.0535. The van der Waals surface area contributed by atoms with Gasteiger partial charge in [0.05, 0.1) is 24.0 Å². The molecule has 3 aromatic carbocycles. The molecule has 3 rings (SSSR count). The predicted octanol–water partition coefficient (Wildman–Crippen LogP) is 4.76. The van der Waals surface area contributed by atoms with E-state index in [2.05, 4.69) is 10.6 Å². The Morgan fingerprint density at radius 1 is 0.733 bits per heavy atom. The minimum Gasteiger partial charge on any atom is -0.496 e. The van der Waals surface area contributed by atoms with Gasteiger partial charge in [-0.25, -0.2) is 17.6 Å². The Balaban J connectivity index is 1.89. The molecule has 5 nitrogen and oxygen atoms in total. The molecular weight excluding hydrogens is 404 g/mol. The highest BCUT2D eigenvalue weighted by molar-refractivity contribution is 6.10. The zero-order valence-corrected chi connectivity index (χ0v) is 15.4. The third-order valence-corrected chi connectivity index (χ3v) is 4.06. The fraction of sp³-hybridized carbons (Fsp3) is 0.0476. The maximum Gasteiger partial charge on any atom is 0.259 e. The summed E-state index contributed by atoms with van der Waals surface area (Å²) in [5.41, 5.74) is -1.03. The summed E-state index contributed by atoms with van der Waals surface area (Å²) in [5, 5.41) is 4.40. The molecular formula is C21H14F4N2O3. The zero-order valence-electron chi connectivity index (χ0n) is 15.4. The highest BCUT2D eigenvalue weighted by atomic mass is 19.1. The average Bonchev–Trinajstić information content (AvgIpc) is 2.72. The smallest absolute Gasteiger partial charge is 0.259 e. The van der Waals surface area contributed by atoms with Gasteiger partial charge >= 0.3 is 0 Å². The summed E-state index contributed by atoms with van der Waals surface area (Å²) in [4.78, 5) is 25.0. The van der Waals surface area contributed by atoms with Gasteiger partial charge in [0.1, 0.15) is 29.0 Å². The van der Waals surface area contributed by atoms with Crippen molar-refractivity contribution in [3.05, 3.63) is 89.0 Å². The van der Waals surface area contributed by atoms with Crippen molar-refractivity contribution in [2.75, 3.05) is 17.7 Å². The van der Waals surface area contributed by atoms with Crippen LogP contribution in [0, 0.1) is 23.3 Å². The van der Waals surface area contributed by atoms with E-state index in [1.807, 2.05) is 0 Å². The number of ether oxygens (including phenoxy) is 1. The van der Waals surface area contributed by atoms with Crippen LogP contribution in [0.1, 0.15) is 20.7 Å². The summed E-state index contributed by atoms with van der Waals surface area (Å²) in [7, 11) is 1.27. The van der Waals surface area contributed by atoms with Crippen LogP contribution in [-0.4, -0.2) is 18.9 Å². The first-order chi connectivity index (χ1) is 14.3. The van der Waals surface area contributed by atoms with E-state index in [4.69, 9.17) is 4.74 Å². The molecule has 2 N–H and O–H groups in total. The Morgan fingerprint density at radius 2 is 1.27 bits per heavy atom. The lowest BCUT2D eigenvalue weighted by atomic mass is 10.1. The summed E-state index contributed by atoms with van der Waals surface area (Å²) in [6.45, 7) is 0. The Bertz CT molecular complexity index is 1140. The van der Waals surface area contributed by atoms with E-state index in [1.54, 1.807) is 0 Å². The van der Waals surface area contributed by atoms with Crippen LogP contribution in [0.15, 0.2) is 54.6 Å². The van der Waals surface area contributed by atoms with Gasteiger partial charge in [0, 0.05) is 17.7 Å². The highest BCUT2D eigenvalue weighted by Crippen LogP contribution is 2.24. The van der Waals surface area contributed by atoms with Gasteiger partial charge in [0.15, 0.2) is 0 Å². The Labute approximate surface area is 168 Å². The molecule has 30 heavy (non-hydrogen) atoms. The monoisotopic (exact) mass is 418 g/mol. The number of hydrogen-bond donors (Lipinski definition) is 2. The standard InChI is InChI=1S/C21H14F4N2O3/c1-30-19-7-2-11(20(28)26-17-9-12(22)3-5-15(17)24)8-14(19)21(29)27-18-10-13(23)4-6-16(18)25/h2-10H,1H3,(H,26,28)(H,27,29). The first kappa shape index (κ1) is 20.8. The summed E-state index contributed by atoms with van der Waals surface area (Å²) in [5.74, 6) is -4.87. The summed E-state index contributed by atoms with van der Waals surface area (Å²) in [6.07, 6.45) is 0. The van der Waals surface area contributed by atoms with E-state index in [-0.39, 0.29) is 22.6 Å². The second-order valence-corrected chi connectivity index (χ2v) is 6.07. The lowest BCUT2D eigenvalue weighted by Crippen LogP contribution is -2.17. The lowest BCUT2D eigenvalue weighted by Gasteiger charge is -2.12.